The molecular weight excluding hydrogens is 450 g/mol. The largest absolute Gasteiger partial charge is 0.480 e. The molecule has 0 aliphatic rings. The molecule has 198 valence electrons. The van der Waals surface area contributed by atoms with Gasteiger partial charge in [-0.05, 0) is 26.3 Å². The number of nitrogens with one attached hydrogen (secondary N) is 1. The molecule has 33 heavy (non-hydrogen) atoms. The van der Waals surface area contributed by atoms with Crippen LogP contribution in [0.2, 0.25) is 0 Å². The van der Waals surface area contributed by atoms with E-state index < -0.39 is 54.6 Å². The maximum Gasteiger partial charge on any atom is 0.322 e. The number of carbonyl (C=O) groups is 5. The summed E-state index contributed by atoms with van der Waals surface area (Å²) < 4.78 is 0. The SMILES string of the molecule is CC(C)CC(N)C(=O)O.CC(N)C(=O)O.CNCC(=O)O.NC(CO)C(=O)O.NCC(=O)O. The first kappa shape index (κ1) is 40.5. The van der Waals surface area contributed by atoms with Crippen LogP contribution < -0.4 is 28.3 Å². The van der Waals surface area contributed by atoms with E-state index in [1.807, 2.05) is 13.8 Å². The second kappa shape index (κ2) is 27.1. The van der Waals surface area contributed by atoms with Crippen molar-refractivity contribution in [2.45, 2.75) is 45.3 Å². The molecule has 0 rings (SSSR count). The van der Waals surface area contributed by atoms with Crippen molar-refractivity contribution in [2.24, 2.45) is 28.9 Å². The third kappa shape index (κ3) is 52.9. The lowest BCUT2D eigenvalue weighted by atomic mass is 10.1. The molecular formula is C17H39N5O11. The van der Waals surface area contributed by atoms with Crippen molar-refractivity contribution in [2.75, 3.05) is 26.7 Å². The summed E-state index contributed by atoms with van der Waals surface area (Å²) in [6, 6.07) is -2.55. The van der Waals surface area contributed by atoms with E-state index in [9.17, 15) is 24.0 Å². The highest BCUT2D eigenvalue weighted by molar-refractivity contribution is 5.73. The molecule has 3 atom stereocenters. The van der Waals surface area contributed by atoms with Crippen molar-refractivity contribution in [3.05, 3.63) is 0 Å². The van der Waals surface area contributed by atoms with Gasteiger partial charge in [-0.25, -0.2) is 0 Å². The van der Waals surface area contributed by atoms with Crippen LogP contribution in [0.15, 0.2) is 0 Å². The number of nitrogens with two attached hydrogens (primary N) is 4. The first-order valence-corrected chi connectivity index (χ1v) is 9.25. The summed E-state index contributed by atoms with van der Waals surface area (Å²) in [5.41, 5.74) is 19.4. The Morgan fingerprint density at radius 1 is 0.758 bits per heavy atom. The minimum atomic E-state index is -1.18. The van der Waals surface area contributed by atoms with Crippen molar-refractivity contribution in [1.82, 2.24) is 5.32 Å². The summed E-state index contributed by atoms with van der Waals surface area (Å²) in [5, 5.41) is 50.0. The number of likely N-dealkylation sites (N-methyl/N-ethyl adjacent to an activating group) is 1. The lowest BCUT2D eigenvalue weighted by molar-refractivity contribution is -0.140. The van der Waals surface area contributed by atoms with Crippen LogP contribution in [0.5, 0.6) is 0 Å². The molecule has 16 nitrogen and oxygen atoms in total. The van der Waals surface area contributed by atoms with Gasteiger partial charge in [-0.1, -0.05) is 13.8 Å². The van der Waals surface area contributed by atoms with Gasteiger partial charge in [0.05, 0.1) is 19.7 Å². The van der Waals surface area contributed by atoms with Gasteiger partial charge in [0.25, 0.3) is 0 Å². The first-order chi connectivity index (χ1) is 14.9. The first-order valence-electron chi connectivity index (χ1n) is 9.25. The van der Waals surface area contributed by atoms with Crippen molar-refractivity contribution < 1.29 is 54.6 Å². The van der Waals surface area contributed by atoms with E-state index in [4.69, 9.17) is 47.8 Å². The van der Waals surface area contributed by atoms with Crippen LogP contribution in [-0.4, -0.2) is 105 Å². The molecule has 0 aliphatic heterocycles. The van der Waals surface area contributed by atoms with E-state index in [0.717, 1.165) is 0 Å². The number of hydrogen-bond acceptors (Lipinski definition) is 11. The van der Waals surface area contributed by atoms with Crippen LogP contribution in [-0.2, 0) is 24.0 Å². The van der Waals surface area contributed by atoms with Gasteiger partial charge >= 0.3 is 29.8 Å². The predicted octanol–water partition coefficient (Wildman–Crippen LogP) is -3.43. The number of aliphatic hydroxyl groups excluding tert-OH is 1. The fourth-order valence-electron chi connectivity index (χ4n) is 0.838. The standard InChI is InChI=1S/C6H13NO2.C3H7NO3.2C3H7NO2.C2H5NO2/c1-4(2)3-5(7)6(8)9;4-2(1-5)3(6)7;1-4-2-3(5)6;1-2(4)3(5)6;3-1-2(4)5/h4-5H,3,7H2,1-2H3,(H,8,9);2,5H,1,4H2,(H,6,7);4H,2H2,1H3,(H,5,6);2H,4H2,1H3,(H,5,6);1,3H2,(H,4,5). The van der Waals surface area contributed by atoms with Gasteiger partial charge in [0, 0.05) is 0 Å². The Bertz CT molecular complexity index is 545. The Morgan fingerprint density at radius 2 is 1.09 bits per heavy atom. The van der Waals surface area contributed by atoms with E-state index in [1.54, 1.807) is 7.05 Å². The van der Waals surface area contributed by atoms with Crippen molar-refractivity contribution in [1.29, 1.82) is 0 Å². The molecule has 0 aliphatic carbocycles. The fraction of sp³-hybridized carbons (Fsp3) is 0.706. The Kier molecular flexibility index (Phi) is 33.3. The van der Waals surface area contributed by atoms with Crippen LogP contribution >= 0.6 is 0 Å². The normalized spacial score (nSPS) is 11.7. The Labute approximate surface area is 191 Å². The van der Waals surface area contributed by atoms with Crippen LogP contribution in [0, 0.1) is 5.92 Å². The number of hydrogen-bond donors (Lipinski definition) is 11. The zero-order chi connectivity index (χ0) is 27.7. The summed E-state index contributed by atoms with van der Waals surface area (Å²) in [6.07, 6.45) is 0.551. The quantitative estimate of drug-likeness (QED) is 0.150. The molecule has 0 radical (unpaired) electrons. The molecule has 0 fully saturated rings. The average Bonchev–Trinajstić information content (AvgIpc) is 2.68. The zero-order valence-electron chi connectivity index (χ0n) is 19.2. The molecule has 0 aromatic heterocycles. The highest BCUT2D eigenvalue weighted by atomic mass is 16.4. The molecule has 0 saturated carbocycles. The molecule has 15 N–H and O–H groups in total. The number of carboxylic acids is 5. The molecule has 0 spiro atoms. The average molecular weight is 490 g/mol. The highest BCUT2D eigenvalue weighted by Crippen LogP contribution is 2.01. The molecule has 16 heteroatoms. The van der Waals surface area contributed by atoms with Crippen molar-refractivity contribution in [3.63, 3.8) is 0 Å². The Morgan fingerprint density at radius 3 is 1.12 bits per heavy atom. The van der Waals surface area contributed by atoms with E-state index in [-0.39, 0.29) is 13.1 Å². The van der Waals surface area contributed by atoms with E-state index in [1.165, 1.54) is 6.92 Å². The Hall–Kier alpha value is -2.89. The van der Waals surface area contributed by atoms with Crippen molar-refractivity contribution >= 4 is 29.8 Å². The van der Waals surface area contributed by atoms with E-state index >= 15 is 0 Å². The van der Waals surface area contributed by atoms with E-state index in [0.29, 0.717) is 12.3 Å². The lowest BCUT2D eigenvalue weighted by Gasteiger charge is -2.07. The summed E-state index contributed by atoms with van der Waals surface area (Å²) in [4.78, 5) is 48.1. The van der Waals surface area contributed by atoms with Crippen LogP contribution in [0.1, 0.15) is 27.2 Å². The van der Waals surface area contributed by atoms with Crippen LogP contribution in [0.3, 0.4) is 0 Å². The van der Waals surface area contributed by atoms with Crippen LogP contribution in [0.4, 0.5) is 0 Å². The predicted molar refractivity (Wildman–Crippen MR) is 117 cm³/mol. The summed E-state index contributed by atoms with van der Waals surface area (Å²) >= 11 is 0. The second-order valence-corrected chi connectivity index (χ2v) is 6.35. The molecule has 0 bridgehead atoms. The Balaban J connectivity index is -0.000000101. The van der Waals surface area contributed by atoms with Gasteiger partial charge in [0.1, 0.15) is 18.1 Å². The number of aliphatic hydroxyl groups is 1. The minimum absolute atomic E-state index is 0.0417. The van der Waals surface area contributed by atoms with Gasteiger partial charge in [-0.15, -0.1) is 0 Å². The van der Waals surface area contributed by atoms with Gasteiger partial charge in [-0.3, -0.25) is 24.0 Å². The molecule has 0 aromatic rings. The topological polar surface area (TPSA) is 323 Å². The highest BCUT2D eigenvalue weighted by Gasteiger charge is 2.12. The molecule has 0 aromatic carbocycles. The minimum Gasteiger partial charge on any atom is -0.480 e. The van der Waals surface area contributed by atoms with Crippen LogP contribution in [0.25, 0.3) is 0 Å². The van der Waals surface area contributed by atoms with Gasteiger partial charge in [-0.2, -0.15) is 0 Å². The van der Waals surface area contributed by atoms with E-state index in [2.05, 4.69) is 11.1 Å². The molecule has 0 heterocycles. The number of rotatable bonds is 9. The maximum atomic E-state index is 10.1. The van der Waals surface area contributed by atoms with Crippen molar-refractivity contribution in [3.8, 4) is 0 Å². The zero-order valence-corrected chi connectivity index (χ0v) is 19.2. The summed E-state index contributed by atoms with van der Waals surface area (Å²) in [5.74, 6) is -4.49. The number of carboxylic acid groups (broad SMARTS) is 5. The van der Waals surface area contributed by atoms with Gasteiger partial charge in [0.2, 0.25) is 0 Å². The fourth-order valence-corrected chi connectivity index (χ4v) is 0.838. The molecule has 3 unspecified atom stereocenters. The summed E-state index contributed by atoms with van der Waals surface area (Å²) in [6.45, 7) is 4.57. The third-order valence-corrected chi connectivity index (χ3v) is 2.45. The molecule has 0 saturated heterocycles. The molecule has 0 amide bonds. The lowest BCUT2D eigenvalue weighted by Crippen LogP contribution is -2.33. The monoisotopic (exact) mass is 489 g/mol. The smallest absolute Gasteiger partial charge is 0.322 e. The maximum absolute atomic E-state index is 10.1. The second-order valence-electron chi connectivity index (χ2n) is 6.35. The number of aliphatic carboxylic acids is 5. The van der Waals surface area contributed by atoms with Gasteiger partial charge < -0.3 is 58.9 Å². The summed E-state index contributed by atoms with van der Waals surface area (Å²) in [7, 11) is 1.59. The van der Waals surface area contributed by atoms with Gasteiger partial charge in [0.15, 0.2) is 0 Å². The third-order valence-electron chi connectivity index (χ3n) is 2.45.